The Morgan fingerprint density at radius 2 is 2.29 bits per heavy atom. The first-order chi connectivity index (χ1) is 10.1. The summed E-state index contributed by atoms with van der Waals surface area (Å²) in [5, 5.41) is 3.75. The molecule has 0 radical (unpaired) electrons. The number of rotatable bonds is 6. The Morgan fingerprint density at radius 1 is 1.48 bits per heavy atom. The molecule has 0 saturated heterocycles. The summed E-state index contributed by atoms with van der Waals surface area (Å²) >= 11 is 1.81. The summed E-state index contributed by atoms with van der Waals surface area (Å²) in [5.41, 5.74) is -0.514. The zero-order valence-electron chi connectivity index (χ0n) is 12.8. The summed E-state index contributed by atoms with van der Waals surface area (Å²) in [4.78, 5) is 13.3. The number of esters is 1. The SMILES string of the molecule is CCNC1(C(=O)OC)CCC(Sc2cccc(OC)c2)C1. The molecule has 1 N–H and O–H groups in total. The monoisotopic (exact) mass is 309 g/mol. The van der Waals surface area contributed by atoms with Crippen molar-refractivity contribution in [1.29, 1.82) is 0 Å². The number of hydrogen-bond acceptors (Lipinski definition) is 5. The van der Waals surface area contributed by atoms with Gasteiger partial charge in [0, 0.05) is 10.1 Å². The highest BCUT2D eigenvalue weighted by molar-refractivity contribution is 8.00. The zero-order chi connectivity index (χ0) is 15.3. The van der Waals surface area contributed by atoms with Crippen LogP contribution >= 0.6 is 11.8 Å². The van der Waals surface area contributed by atoms with Crippen LogP contribution < -0.4 is 10.1 Å². The van der Waals surface area contributed by atoms with Crippen molar-refractivity contribution in [3.63, 3.8) is 0 Å². The minimum Gasteiger partial charge on any atom is -0.497 e. The Bertz CT molecular complexity index is 494. The highest BCUT2D eigenvalue weighted by Crippen LogP contribution is 2.41. The van der Waals surface area contributed by atoms with E-state index < -0.39 is 5.54 Å². The van der Waals surface area contributed by atoms with E-state index in [9.17, 15) is 4.79 Å². The molecule has 1 saturated carbocycles. The van der Waals surface area contributed by atoms with Gasteiger partial charge in [-0.2, -0.15) is 0 Å². The van der Waals surface area contributed by atoms with Crippen LogP contribution in [0.25, 0.3) is 0 Å². The zero-order valence-corrected chi connectivity index (χ0v) is 13.7. The minimum atomic E-state index is -0.514. The number of carbonyl (C=O) groups is 1. The van der Waals surface area contributed by atoms with Crippen molar-refractivity contribution in [2.75, 3.05) is 20.8 Å². The number of likely N-dealkylation sites (N-methyl/N-ethyl adjacent to an activating group) is 1. The van der Waals surface area contributed by atoms with Crippen molar-refractivity contribution in [1.82, 2.24) is 5.32 Å². The molecule has 0 bridgehead atoms. The van der Waals surface area contributed by atoms with E-state index in [1.807, 2.05) is 36.9 Å². The van der Waals surface area contributed by atoms with Gasteiger partial charge in [0.25, 0.3) is 0 Å². The van der Waals surface area contributed by atoms with Crippen molar-refractivity contribution in [3.05, 3.63) is 24.3 Å². The summed E-state index contributed by atoms with van der Waals surface area (Å²) in [5.74, 6) is 0.724. The standard InChI is InChI=1S/C16H23NO3S/c1-4-17-16(15(18)20-3)9-8-14(11-16)21-13-7-5-6-12(10-13)19-2/h5-7,10,14,17H,4,8-9,11H2,1-3H3. The Balaban J connectivity index is 2.05. The maximum Gasteiger partial charge on any atom is 0.326 e. The van der Waals surface area contributed by atoms with Crippen LogP contribution in [0.3, 0.4) is 0 Å². The average molecular weight is 309 g/mol. The second-order valence-corrected chi connectivity index (χ2v) is 6.64. The second kappa shape index (κ2) is 7.18. The highest BCUT2D eigenvalue weighted by Gasteiger charge is 2.45. The molecule has 0 aromatic heterocycles. The summed E-state index contributed by atoms with van der Waals surface area (Å²) in [6, 6.07) is 8.05. The lowest BCUT2D eigenvalue weighted by molar-refractivity contribution is -0.148. The van der Waals surface area contributed by atoms with Gasteiger partial charge in [-0.3, -0.25) is 4.79 Å². The van der Waals surface area contributed by atoms with Gasteiger partial charge in [0.2, 0.25) is 0 Å². The molecule has 116 valence electrons. The number of nitrogens with one attached hydrogen (secondary N) is 1. The van der Waals surface area contributed by atoms with Crippen molar-refractivity contribution in [2.45, 2.75) is 41.9 Å². The first kappa shape index (κ1) is 16.2. The lowest BCUT2D eigenvalue weighted by atomic mass is 9.98. The molecule has 21 heavy (non-hydrogen) atoms. The summed E-state index contributed by atoms with van der Waals surface area (Å²) in [7, 11) is 3.14. The van der Waals surface area contributed by atoms with Crippen LogP contribution in [0.1, 0.15) is 26.2 Å². The molecule has 2 unspecified atom stereocenters. The van der Waals surface area contributed by atoms with Gasteiger partial charge in [-0.05, 0) is 44.0 Å². The predicted molar refractivity (Wildman–Crippen MR) is 84.9 cm³/mol. The molecule has 1 fully saturated rings. The lowest BCUT2D eigenvalue weighted by Crippen LogP contribution is -2.50. The number of hydrogen-bond donors (Lipinski definition) is 1. The van der Waals surface area contributed by atoms with Crippen molar-refractivity contribution < 1.29 is 14.3 Å². The van der Waals surface area contributed by atoms with Gasteiger partial charge in [0.1, 0.15) is 11.3 Å². The third-order valence-corrected chi connectivity index (χ3v) is 5.17. The van der Waals surface area contributed by atoms with Crippen LogP contribution in [0, 0.1) is 0 Å². The number of methoxy groups -OCH3 is 2. The van der Waals surface area contributed by atoms with Crippen molar-refractivity contribution in [3.8, 4) is 5.75 Å². The smallest absolute Gasteiger partial charge is 0.326 e. The molecule has 0 amide bonds. The first-order valence-corrected chi connectivity index (χ1v) is 8.15. The second-order valence-electron chi connectivity index (χ2n) is 5.27. The van der Waals surface area contributed by atoms with E-state index in [0.29, 0.717) is 5.25 Å². The van der Waals surface area contributed by atoms with Gasteiger partial charge in [-0.15, -0.1) is 11.8 Å². The molecule has 4 nitrogen and oxygen atoms in total. The van der Waals surface area contributed by atoms with Gasteiger partial charge in [-0.1, -0.05) is 13.0 Å². The maximum absolute atomic E-state index is 12.1. The van der Waals surface area contributed by atoms with Crippen LogP contribution in [0.4, 0.5) is 0 Å². The molecule has 0 heterocycles. The number of carbonyl (C=O) groups excluding carboxylic acids is 1. The molecule has 1 aliphatic carbocycles. The molecular formula is C16H23NO3S. The molecule has 2 rings (SSSR count). The molecule has 1 aromatic carbocycles. The Hall–Kier alpha value is -1.20. The fraction of sp³-hybridized carbons (Fsp3) is 0.562. The van der Waals surface area contributed by atoms with Gasteiger partial charge < -0.3 is 14.8 Å². The van der Waals surface area contributed by atoms with E-state index in [1.54, 1.807) is 7.11 Å². The van der Waals surface area contributed by atoms with Gasteiger partial charge in [0.05, 0.1) is 14.2 Å². The maximum atomic E-state index is 12.1. The Kier molecular flexibility index (Phi) is 5.53. The van der Waals surface area contributed by atoms with Crippen LogP contribution in [-0.2, 0) is 9.53 Å². The molecule has 2 atom stereocenters. The summed E-state index contributed by atoms with van der Waals surface area (Å²) in [6.45, 7) is 2.79. The van der Waals surface area contributed by atoms with E-state index >= 15 is 0 Å². The average Bonchev–Trinajstić information content (AvgIpc) is 2.91. The van der Waals surface area contributed by atoms with Gasteiger partial charge >= 0.3 is 5.97 Å². The molecular weight excluding hydrogens is 286 g/mol. The van der Waals surface area contributed by atoms with E-state index in [2.05, 4.69) is 11.4 Å². The minimum absolute atomic E-state index is 0.141. The molecule has 0 aliphatic heterocycles. The first-order valence-electron chi connectivity index (χ1n) is 7.27. The van der Waals surface area contributed by atoms with Gasteiger partial charge in [0.15, 0.2) is 0 Å². The predicted octanol–water partition coefficient (Wildman–Crippen LogP) is 2.86. The Morgan fingerprint density at radius 3 is 2.95 bits per heavy atom. The topological polar surface area (TPSA) is 47.6 Å². The van der Waals surface area contributed by atoms with E-state index in [-0.39, 0.29) is 5.97 Å². The van der Waals surface area contributed by atoms with Crippen LogP contribution in [0.2, 0.25) is 0 Å². The van der Waals surface area contributed by atoms with Crippen LogP contribution in [-0.4, -0.2) is 37.5 Å². The van der Waals surface area contributed by atoms with E-state index in [0.717, 1.165) is 31.6 Å². The quantitative estimate of drug-likeness (QED) is 0.819. The molecule has 5 heteroatoms. The number of benzene rings is 1. The fourth-order valence-corrected chi connectivity index (χ4v) is 4.25. The molecule has 1 aromatic rings. The Labute approximate surface area is 130 Å². The highest BCUT2D eigenvalue weighted by atomic mass is 32.2. The summed E-state index contributed by atoms with van der Waals surface area (Å²) < 4.78 is 10.2. The lowest BCUT2D eigenvalue weighted by Gasteiger charge is -2.27. The molecule has 0 spiro atoms. The largest absolute Gasteiger partial charge is 0.497 e. The van der Waals surface area contributed by atoms with E-state index in [1.165, 1.54) is 12.0 Å². The fourth-order valence-electron chi connectivity index (χ4n) is 2.92. The third-order valence-electron chi connectivity index (χ3n) is 3.90. The normalized spacial score (nSPS) is 24.8. The van der Waals surface area contributed by atoms with Crippen LogP contribution in [0.15, 0.2) is 29.2 Å². The number of ether oxygens (including phenoxy) is 2. The van der Waals surface area contributed by atoms with Crippen molar-refractivity contribution >= 4 is 17.7 Å². The van der Waals surface area contributed by atoms with Crippen LogP contribution in [0.5, 0.6) is 5.75 Å². The number of thioether (sulfide) groups is 1. The molecule has 1 aliphatic rings. The summed E-state index contributed by atoms with van der Waals surface area (Å²) in [6.07, 6.45) is 2.63. The van der Waals surface area contributed by atoms with Crippen molar-refractivity contribution in [2.24, 2.45) is 0 Å². The third kappa shape index (κ3) is 3.71. The van der Waals surface area contributed by atoms with Gasteiger partial charge in [-0.25, -0.2) is 0 Å². The van der Waals surface area contributed by atoms with E-state index in [4.69, 9.17) is 9.47 Å².